The molecule has 1 amide bonds. The predicted octanol–water partition coefficient (Wildman–Crippen LogP) is 2.16. The fourth-order valence-electron chi connectivity index (χ4n) is 2.08. The van der Waals surface area contributed by atoms with Crippen LogP contribution >= 0.6 is 0 Å². The Balaban J connectivity index is 1.95. The second kappa shape index (κ2) is 7.59. The number of aliphatic hydroxyl groups is 1. The molecule has 112 valence electrons. The summed E-state index contributed by atoms with van der Waals surface area (Å²) in [6.45, 7) is 2.05. The Morgan fingerprint density at radius 2 is 2.14 bits per heavy atom. The van der Waals surface area contributed by atoms with Gasteiger partial charge in [-0.3, -0.25) is 4.79 Å². The maximum atomic E-state index is 11.9. The minimum Gasteiger partial charge on any atom is -0.444 e. The van der Waals surface area contributed by atoms with Crippen molar-refractivity contribution >= 4 is 5.91 Å². The van der Waals surface area contributed by atoms with E-state index in [0.717, 1.165) is 12.0 Å². The normalized spacial score (nSPS) is 12.1. The van der Waals surface area contributed by atoms with E-state index in [0.29, 0.717) is 18.0 Å². The van der Waals surface area contributed by atoms with Crippen LogP contribution in [0.15, 0.2) is 41.0 Å². The average molecular weight is 288 g/mol. The second-order valence-corrected chi connectivity index (χ2v) is 4.87. The number of nitrogens with zero attached hydrogens (tertiary/aromatic N) is 1. The van der Waals surface area contributed by atoms with Gasteiger partial charge in [0, 0.05) is 18.2 Å². The molecule has 0 aliphatic carbocycles. The summed E-state index contributed by atoms with van der Waals surface area (Å²) in [5.41, 5.74) is 1.49. The van der Waals surface area contributed by atoms with Crippen molar-refractivity contribution in [3.8, 4) is 11.5 Å². The van der Waals surface area contributed by atoms with Gasteiger partial charge in [-0.2, -0.15) is 0 Å². The Labute approximate surface area is 124 Å². The first-order chi connectivity index (χ1) is 10.2. The van der Waals surface area contributed by atoms with Crippen LogP contribution in [-0.2, 0) is 11.2 Å². The summed E-state index contributed by atoms with van der Waals surface area (Å²) >= 11 is 0. The van der Waals surface area contributed by atoms with Gasteiger partial charge in [0.05, 0.1) is 12.1 Å². The molecule has 2 rings (SSSR count). The van der Waals surface area contributed by atoms with Crippen molar-refractivity contribution in [3.63, 3.8) is 0 Å². The molecule has 0 aliphatic heterocycles. The van der Waals surface area contributed by atoms with Gasteiger partial charge in [0.25, 0.3) is 0 Å². The molecule has 1 heterocycles. The number of nitrogens with one attached hydrogen (secondary N) is 1. The molecule has 0 fully saturated rings. The van der Waals surface area contributed by atoms with Gasteiger partial charge in [0.15, 0.2) is 0 Å². The van der Waals surface area contributed by atoms with Gasteiger partial charge in [-0.25, -0.2) is 4.98 Å². The van der Waals surface area contributed by atoms with E-state index in [1.165, 1.54) is 6.26 Å². The first-order valence-corrected chi connectivity index (χ1v) is 7.13. The van der Waals surface area contributed by atoms with E-state index in [9.17, 15) is 4.79 Å². The van der Waals surface area contributed by atoms with Crippen molar-refractivity contribution in [3.05, 3.63) is 42.3 Å². The first-order valence-electron chi connectivity index (χ1n) is 7.13. The topological polar surface area (TPSA) is 75.4 Å². The SMILES string of the molecule is CCC(CCO)NC(=O)Cc1coc(-c2ccccc2)n1. The molecule has 2 aromatic rings. The number of aromatic nitrogens is 1. The van der Waals surface area contributed by atoms with Crippen molar-refractivity contribution in [2.24, 2.45) is 0 Å². The Bertz CT molecular complexity index is 566. The van der Waals surface area contributed by atoms with E-state index in [-0.39, 0.29) is 25.0 Å². The minimum atomic E-state index is -0.108. The molecular weight excluding hydrogens is 268 g/mol. The van der Waals surface area contributed by atoms with E-state index >= 15 is 0 Å². The highest BCUT2D eigenvalue weighted by molar-refractivity contribution is 5.78. The van der Waals surface area contributed by atoms with Crippen molar-refractivity contribution in [2.75, 3.05) is 6.61 Å². The molecule has 1 aromatic carbocycles. The zero-order valence-electron chi connectivity index (χ0n) is 12.1. The predicted molar refractivity (Wildman–Crippen MR) is 79.6 cm³/mol. The maximum Gasteiger partial charge on any atom is 0.226 e. The van der Waals surface area contributed by atoms with Crippen LogP contribution in [0.3, 0.4) is 0 Å². The molecule has 0 bridgehead atoms. The van der Waals surface area contributed by atoms with Gasteiger partial charge in [-0.15, -0.1) is 0 Å². The second-order valence-electron chi connectivity index (χ2n) is 4.87. The van der Waals surface area contributed by atoms with Gasteiger partial charge >= 0.3 is 0 Å². The number of oxazole rings is 1. The van der Waals surface area contributed by atoms with Gasteiger partial charge in [0.2, 0.25) is 11.8 Å². The molecule has 1 unspecified atom stereocenters. The van der Waals surface area contributed by atoms with Crippen LogP contribution in [-0.4, -0.2) is 28.6 Å². The number of carbonyl (C=O) groups excluding carboxylic acids is 1. The van der Waals surface area contributed by atoms with Crippen LogP contribution < -0.4 is 5.32 Å². The van der Waals surface area contributed by atoms with Crippen LogP contribution in [0.4, 0.5) is 0 Å². The lowest BCUT2D eigenvalue weighted by Gasteiger charge is -2.14. The van der Waals surface area contributed by atoms with Crippen LogP contribution in [0.1, 0.15) is 25.5 Å². The summed E-state index contributed by atoms with van der Waals surface area (Å²) in [7, 11) is 0. The lowest BCUT2D eigenvalue weighted by molar-refractivity contribution is -0.121. The average Bonchev–Trinajstić information content (AvgIpc) is 2.96. The molecule has 0 radical (unpaired) electrons. The fraction of sp³-hybridized carbons (Fsp3) is 0.375. The summed E-state index contributed by atoms with van der Waals surface area (Å²) in [5, 5.41) is 11.8. The standard InChI is InChI=1S/C16H20N2O3/c1-2-13(8-9-19)17-15(20)10-14-11-21-16(18-14)12-6-4-3-5-7-12/h3-7,11,13,19H,2,8-10H2,1H3,(H,17,20). The van der Waals surface area contributed by atoms with Crippen LogP contribution in [0, 0.1) is 0 Å². The molecule has 1 aromatic heterocycles. The molecule has 5 nitrogen and oxygen atoms in total. The van der Waals surface area contributed by atoms with Crippen LogP contribution in [0.2, 0.25) is 0 Å². The number of aliphatic hydroxyl groups excluding tert-OH is 1. The lowest BCUT2D eigenvalue weighted by atomic mass is 10.1. The lowest BCUT2D eigenvalue weighted by Crippen LogP contribution is -2.36. The van der Waals surface area contributed by atoms with Gasteiger partial charge in [-0.1, -0.05) is 25.1 Å². The monoisotopic (exact) mass is 288 g/mol. The quantitative estimate of drug-likeness (QED) is 0.818. The molecule has 21 heavy (non-hydrogen) atoms. The van der Waals surface area contributed by atoms with Crippen LogP contribution in [0.25, 0.3) is 11.5 Å². The number of amides is 1. The third-order valence-electron chi connectivity index (χ3n) is 3.25. The van der Waals surface area contributed by atoms with Gasteiger partial charge in [-0.05, 0) is 25.0 Å². The number of hydrogen-bond donors (Lipinski definition) is 2. The van der Waals surface area contributed by atoms with Crippen molar-refractivity contribution in [2.45, 2.75) is 32.2 Å². The molecule has 0 spiro atoms. The summed E-state index contributed by atoms with van der Waals surface area (Å²) in [6.07, 6.45) is 3.05. The number of hydrogen-bond acceptors (Lipinski definition) is 4. The highest BCUT2D eigenvalue weighted by Crippen LogP contribution is 2.18. The van der Waals surface area contributed by atoms with Gasteiger partial charge < -0.3 is 14.8 Å². The third kappa shape index (κ3) is 4.43. The zero-order chi connectivity index (χ0) is 15.1. The summed E-state index contributed by atoms with van der Waals surface area (Å²) in [5.74, 6) is 0.406. The van der Waals surface area contributed by atoms with Crippen LogP contribution in [0.5, 0.6) is 0 Å². The molecule has 0 saturated carbocycles. The highest BCUT2D eigenvalue weighted by atomic mass is 16.3. The highest BCUT2D eigenvalue weighted by Gasteiger charge is 2.13. The van der Waals surface area contributed by atoms with E-state index in [2.05, 4.69) is 10.3 Å². The number of carbonyl (C=O) groups is 1. The molecular formula is C16H20N2O3. The smallest absolute Gasteiger partial charge is 0.226 e. The molecule has 5 heteroatoms. The Morgan fingerprint density at radius 1 is 1.38 bits per heavy atom. The molecule has 0 saturated heterocycles. The van der Waals surface area contributed by atoms with E-state index in [1.807, 2.05) is 37.3 Å². The maximum absolute atomic E-state index is 11.9. The van der Waals surface area contributed by atoms with Gasteiger partial charge in [0.1, 0.15) is 6.26 Å². The molecule has 1 atom stereocenters. The Hall–Kier alpha value is -2.14. The molecule has 2 N–H and O–H groups in total. The van der Waals surface area contributed by atoms with Crippen molar-refractivity contribution < 1.29 is 14.3 Å². The number of rotatable bonds is 7. The van der Waals surface area contributed by atoms with Crippen molar-refractivity contribution in [1.29, 1.82) is 0 Å². The van der Waals surface area contributed by atoms with E-state index < -0.39 is 0 Å². The molecule has 0 aliphatic rings. The largest absolute Gasteiger partial charge is 0.444 e. The third-order valence-corrected chi connectivity index (χ3v) is 3.25. The summed E-state index contributed by atoms with van der Waals surface area (Å²) in [4.78, 5) is 16.3. The summed E-state index contributed by atoms with van der Waals surface area (Å²) in [6, 6.07) is 9.56. The Morgan fingerprint density at radius 3 is 2.81 bits per heavy atom. The zero-order valence-corrected chi connectivity index (χ0v) is 12.1. The number of benzene rings is 1. The van der Waals surface area contributed by atoms with E-state index in [1.54, 1.807) is 0 Å². The minimum absolute atomic E-state index is 0.00277. The Kier molecular flexibility index (Phi) is 5.51. The van der Waals surface area contributed by atoms with Crippen molar-refractivity contribution in [1.82, 2.24) is 10.3 Å². The summed E-state index contributed by atoms with van der Waals surface area (Å²) < 4.78 is 5.40. The first kappa shape index (κ1) is 15.3. The van der Waals surface area contributed by atoms with E-state index in [4.69, 9.17) is 9.52 Å². The fourth-order valence-corrected chi connectivity index (χ4v) is 2.08.